The molecule has 0 radical (unpaired) electrons. The van der Waals surface area contributed by atoms with Crippen LogP contribution in [0.15, 0.2) is 54.7 Å². The van der Waals surface area contributed by atoms with E-state index in [2.05, 4.69) is 57.8 Å². The van der Waals surface area contributed by atoms with Gasteiger partial charge in [-0.3, -0.25) is 0 Å². The predicted octanol–water partition coefficient (Wildman–Crippen LogP) is 6.81. The van der Waals surface area contributed by atoms with E-state index in [4.69, 9.17) is 9.97 Å². The smallest absolute Gasteiger partial charge is 0.225 e. The van der Waals surface area contributed by atoms with Crippen molar-refractivity contribution in [1.29, 1.82) is 0 Å². The Balaban J connectivity index is 1.06. The number of hydrogen-bond donors (Lipinski definition) is 2. The molecular weight excluding hydrogens is 418 g/mol. The summed E-state index contributed by atoms with van der Waals surface area (Å²) < 4.78 is 0. The molecule has 0 spiro atoms. The number of nitrogens with zero attached hydrogens (tertiary/aromatic N) is 3. The molecule has 0 unspecified atom stereocenters. The van der Waals surface area contributed by atoms with E-state index in [1.54, 1.807) is 0 Å². The lowest BCUT2D eigenvalue weighted by Crippen LogP contribution is -2.22. The van der Waals surface area contributed by atoms with Crippen molar-refractivity contribution in [3.05, 3.63) is 60.3 Å². The van der Waals surface area contributed by atoms with E-state index in [1.165, 1.54) is 67.8 Å². The first-order valence-electron chi connectivity index (χ1n) is 12.9. The van der Waals surface area contributed by atoms with Crippen molar-refractivity contribution >= 4 is 33.6 Å². The summed E-state index contributed by atoms with van der Waals surface area (Å²) in [5.74, 6) is 3.35. The predicted molar refractivity (Wildman–Crippen MR) is 144 cm³/mol. The second kappa shape index (κ2) is 10.5. The van der Waals surface area contributed by atoms with Gasteiger partial charge in [0.15, 0.2) is 0 Å². The molecular formula is C29H37N5. The summed E-state index contributed by atoms with van der Waals surface area (Å²) >= 11 is 0. The van der Waals surface area contributed by atoms with Crippen LogP contribution in [-0.4, -0.2) is 35.6 Å². The number of nitrogens with one attached hydrogen (secondary N) is 2. The lowest BCUT2D eigenvalue weighted by molar-refractivity contribution is 0.266. The molecule has 2 aromatic heterocycles. The van der Waals surface area contributed by atoms with Gasteiger partial charge in [-0.15, -0.1) is 0 Å². The minimum atomic E-state index is 0.722. The van der Waals surface area contributed by atoms with Crippen molar-refractivity contribution < 1.29 is 0 Å². The number of rotatable bonds is 9. The average Bonchev–Trinajstić information content (AvgIpc) is 3.35. The molecule has 0 aliphatic heterocycles. The first-order valence-corrected chi connectivity index (χ1v) is 12.9. The third-order valence-electron chi connectivity index (χ3n) is 7.50. The fourth-order valence-electron chi connectivity index (χ4n) is 5.55. The molecule has 1 fully saturated rings. The number of benzene rings is 2. The first kappa shape index (κ1) is 22.7. The highest BCUT2D eigenvalue weighted by Gasteiger charge is 2.21. The van der Waals surface area contributed by atoms with Crippen LogP contribution in [0.1, 0.15) is 50.5 Å². The zero-order valence-corrected chi connectivity index (χ0v) is 20.6. The van der Waals surface area contributed by atoms with Crippen molar-refractivity contribution in [1.82, 2.24) is 15.0 Å². The van der Waals surface area contributed by atoms with Crippen LogP contribution in [0.3, 0.4) is 0 Å². The van der Waals surface area contributed by atoms with Gasteiger partial charge in [-0.05, 0) is 66.7 Å². The maximum absolute atomic E-state index is 4.79. The topological polar surface area (TPSA) is 56.8 Å². The van der Waals surface area contributed by atoms with Crippen LogP contribution in [0.2, 0.25) is 0 Å². The van der Waals surface area contributed by atoms with Crippen LogP contribution < -0.4 is 10.2 Å². The molecule has 5 nitrogen and oxygen atoms in total. The molecule has 0 atom stereocenters. The van der Waals surface area contributed by atoms with Crippen molar-refractivity contribution in [2.45, 2.75) is 51.4 Å². The normalized spacial score (nSPS) is 18.4. The van der Waals surface area contributed by atoms with Gasteiger partial charge in [-0.2, -0.15) is 4.98 Å². The summed E-state index contributed by atoms with van der Waals surface area (Å²) in [6.07, 6.45) is 12.6. The zero-order chi connectivity index (χ0) is 23.3. The Bertz CT molecular complexity index is 1220. The number of fused-ring (bicyclic) bond motifs is 2. The van der Waals surface area contributed by atoms with E-state index in [0.29, 0.717) is 0 Å². The maximum Gasteiger partial charge on any atom is 0.225 e. The highest BCUT2D eigenvalue weighted by atomic mass is 15.2. The summed E-state index contributed by atoms with van der Waals surface area (Å²) in [5, 5.41) is 5.98. The van der Waals surface area contributed by atoms with E-state index >= 15 is 0 Å². The molecule has 1 saturated carbocycles. The molecule has 2 N–H and O–H groups in total. The number of aromatic nitrogens is 3. The molecule has 2 aromatic carbocycles. The number of unbranched alkanes of at least 4 members (excludes halogenated alkanes) is 1. The van der Waals surface area contributed by atoms with Gasteiger partial charge in [0.1, 0.15) is 5.82 Å². The highest BCUT2D eigenvalue weighted by Crippen LogP contribution is 2.32. The molecule has 5 rings (SSSR count). The number of H-pyrrole nitrogens is 1. The van der Waals surface area contributed by atoms with Crippen molar-refractivity contribution in [2.75, 3.05) is 30.9 Å². The number of hydrogen-bond acceptors (Lipinski definition) is 4. The van der Waals surface area contributed by atoms with Crippen LogP contribution in [0.5, 0.6) is 0 Å². The highest BCUT2D eigenvalue weighted by molar-refractivity contribution is 5.90. The minimum absolute atomic E-state index is 0.722. The Labute approximate surface area is 203 Å². The van der Waals surface area contributed by atoms with Gasteiger partial charge in [0.05, 0.1) is 5.52 Å². The van der Waals surface area contributed by atoms with Gasteiger partial charge >= 0.3 is 0 Å². The Kier molecular flexibility index (Phi) is 6.98. The molecule has 34 heavy (non-hydrogen) atoms. The second-order valence-corrected chi connectivity index (χ2v) is 10.2. The SMILES string of the molecule is CN(C)c1nc(NCC2CCC(CCCCc3cccc4cc[nH]c34)CC2)nc2ccccc12. The van der Waals surface area contributed by atoms with E-state index in [0.717, 1.165) is 41.0 Å². The average molecular weight is 456 g/mol. The number of para-hydroxylation sites is 2. The van der Waals surface area contributed by atoms with Gasteiger partial charge in [0.2, 0.25) is 5.95 Å². The zero-order valence-electron chi connectivity index (χ0n) is 20.6. The first-order chi connectivity index (χ1) is 16.7. The van der Waals surface area contributed by atoms with Gasteiger partial charge in [-0.1, -0.05) is 56.0 Å². The molecule has 0 amide bonds. The number of anilines is 2. The van der Waals surface area contributed by atoms with E-state index in [9.17, 15) is 0 Å². The van der Waals surface area contributed by atoms with Crippen molar-refractivity contribution in [3.63, 3.8) is 0 Å². The van der Waals surface area contributed by atoms with Crippen LogP contribution in [0, 0.1) is 11.8 Å². The largest absolute Gasteiger partial charge is 0.362 e. The van der Waals surface area contributed by atoms with Crippen LogP contribution in [0.25, 0.3) is 21.8 Å². The van der Waals surface area contributed by atoms with E-state index < -0.39 is 0 Å². The van der Waals surface area contributed by atoms with Gasteiger partial charge < -0.3 is 15.2 Å². The Morgan fingerprint density at radius 1 is 0.912 bits per heavy atom. The molecule has 2 heterocycles. The molecule has 178 valence electrons. The van der Waals surface area contributed by atoms with Crippen LogP contribution in [-0.2, 0) is 6.42 Å². The molecule has 5 heteroatoms. The fourth-order valence-corrected chi connectivity index (χ4v) is 5.55. The molecule has 1 aliphatic carbocycles. The Hall–Kier alpha value is -3.08. The monoisotopic (exact) mass is 455 g/mol. The summed E-state index contributed by atoms with van der Waals surface area (Å²) in [5.41, 5.74) is 3.79. The van der Waals surface area contributed by atoms with Crippen LogP contribution >= 0.6 is 0 Å². The molecule has 0 bridgehead atoms. The summed E-state index contributed by atoms with van der Waals surface area (Å²) in [6.45, 7) is 0.970. The quantitative estimate of drug-likeness (QED) is 0.272. The summed E-state index contributed by atoms with van der Waals surface area (Å²) in [4.78, 5) is 15.0. The van der Waals surface area contributed by atoms with E-state index in [1.807, 2.05) is 26.2 Å². The van der Waals surface area contributed by atoms with Crippen LogP contribution in [0.4, 0.5) is 11.8 Å². The molecule has 1 aliphatic rings. The lowest BCUT2D eigenvalue weighted by atomic mass is 9.79. The summed E-state index contributed by atoms with van der Waals surface area (Å²) in [6, 6.07) is 17.1. The summed E-state index contributed by atoms with van der Waals surface area (Å²) in [7, 11) is 4.08. The standard InChI is InChI=1S/C29H37N5/c1-34(2)28-25-12-5-6-13-26(25)32-29(33-28)31-20-22-16-14-21(15-17-22)8-3-4-9-23-10-7-11-24-18-19-30-27(23)24/h5-7,10-13,18-19,21-22,30H,3-4,8-9,14-17,20H2,1-2H3,(H,31,32,33). The van der Waals surface area contributed by atoms with Crippen molar-refractivity contribution in [3.8, 4) is 0 Å². The molecule has 0 saturated heterocycles. The minimum Gasteiger partial charge on any atom is -0.362 e. The van der Waals surface area contributed by atoms with Gasteiger partial charge in [0, 0.05) is 37.7 Å². The second-order valence-electron chi connectivity index (χ2n) is 10.2. The fraction of sp³-hybridized carbons (Fsp3) is 0.448. The van der Waals surface area contributed by atoms with Gasteiger partial charge in [-0.25, -0.2) is 4.98 Å². The maximum atomic E-state index is 4.79. The molecule has 4 aromatic rings. The third kappa shape index (κ3) is 5.19. The number of aromatic amines is 1. The number of aryl methyl sites for hydroxylation is 1. The van der Waals surface area contributed by atoms with Gasteiger partial charge in [0.25, 0.3) is 0 Å². The van der Waals surface area contributed by atoms with Crippen molar-refractivity contribution in [2.24, 2.45) is 11.8 Å². The lowest BCUT2D eigenvalue weighted by Gasteiger charge is -2.28. The van der Waals surface area contributed by atoms with E-state index in [-0.39, 0.29) is 0 Å². The third-order valence-corrected chi connectivity index (χ3v) is 7.50. The Morgan fingerprint density at radius 3 is 2.59 bits per heavy atom. The Morgan fingerprint density at radius 2 is 1.74 bits per heavy atom.